The van der Waals surface area contributed by atoms with Gasteiger partial charge in [-0.25, -0.2) is 9.59 Å². The third-order valence-electron chi connectivity index (χ3n) is 4.81. The quantitative estimate of drug-likeness (QED) is 0.630. The number of carbonyl (C=O) groups is 2. The van der Waals surface area contributed by atoms with Crippen LogP contribution >= 0.6 is 0 Å². The van der Waals surface area contributed by atoms with Gasteiger partial charge in [-0.15, -0.1) is 0 Å². The average molecular weight is 317 g/mol. The van der Waals surface area contributed by atoms with E-state index in [4.69, 9.17) is 14.2 Å². The molecule has 4 rings (SSSR count). The van der Waals surface area contributed by atoms with E-state index in [2.05, 4.69) is 0 Å². The number of carbonyl (C=O) groups excluding carboxylic acids is 2. The molecule has 3 heterocycles. The second kappa shape index (κ2) is 5.53. The number of esters is 1. The number of benzene rings is 1. The van der Waals surface area contributed by atoms with Crippen LogP contribution in [0.4, 0.5) is 4.79 Å². The van der Waals surface area contributed by atoms with E-state index in [-0.39, 0.29) is 42.5 Å². The van der Waals surface area contributed by atoms with E-state index < -0.39 is 0 Å². The Bertz CT molecular complexity index is 601. The molecule has 1 aromatic carbocycles. The zero-order chi connectivity index (χ0) is 16.0. The van der Waals surface area contributed by atoms with Gasteiger partial charge < -0.3 is 14.2 Å². The van der Waals surface area contributed by atoms with Gasteiger partial charge >= 0.3 is 12.1 Å². The molecule has 6 nitrogen and oxygen atoms in total. The van der Waals surface area contributed by atoms with Crippen LogP contribution in [0.25, 0.3) is 0 Å². The maximum atomic E-state index is 12.2. The number of amides is 1. The molecule has 23 heavy (non-hydrogen) atoms. The lowest BCUT2D eigenvalue weighted by Crippen LogP contribution is -2.52. The first-order valence-electron chi connectivity index (χ1n) is 8.05. The summed E-state index contributed by atoms with van der Waals surface area (Å²) in [4.78, 5) is 26.1. The fraction of sp³-hybridized carbons (Fsp3) is 0.529. The summed E-state index contributed by atoms with van der Waals surface area (Å²) in [5.74, 6) is -0.311. The van der Waals surface area contributed by atoms with Crippen LogP contribution in [0.5, 0.6) is 0 Å². The Labute approximate surface area is 134 Å². The largest absolute Gasteiger partial charge is 0.459 e. The summed E-state index contributed by atoms with van der Waals surface area (Å²) in [7, 11) is 0. The molecular weight excluding hydrogens is 298 g/mol. The van der Waals surface area contributed by atoms with Gasteiger partial charge in [0.25, 0.3) is 0 Å². The highest BCUT2D eigenvalue weighted by molar-refractivity contribution is 5.89. The predicted molar refractivity (Wildman–Crippen MR) is 80.0 cm³/mol. The van der Waals surface area contributed by atoms with Gasteiger partial charge in [-0.1, -0.05) is 18.2 Å². The van der Waals surface area contributed by atoms with Crippen LogP contribution in [0.3, 0.4) is 0 Å². The van der Waals surface area contributed by atoms with E-state index >= 15 is 0 Å². The molecule has 6 heteroatoms. The number of fused-ring (bicyclic) bond motifs is 5. The van der Waals surface area contributed by atoms with Gasteiger partial charge in [-0.05, 0) is 19.1 Å². The van der Waals surface area contributed by atoms with Crippen LogP contribution in [0, 0.1) is 0 Å². The van der Waals surface area contributed by atoms with Crippen molar-refractivity contribution in [3.63, 3.8) is 0 Å². The molecule has 0 saturated carbocycles. The summed E-state index contributed by atoms with van der Waals surface area (Å²) in [5.41, 5.74) is 0.550. The number of rotatable bonds is 3. The lowest BCUT2D eigenvalue weighted by Gasteiger charge is -2.39. The molecule has 0 aromatic heterocycles. The van der Waals surface area contributed by atoms with E-state index in [1.807, 2.05) is 18.2 Å². The molecule has 122 valence electrons. The summed E-state index contributed by atoms with van der Waals surface area (Å²) in [6, 6.07) is 8.87. The van der Waals surface area contributed by atoms with E-state index in [9.17, 15) is 9.59 Å². The maximum absolute atomic E-state index is 12.2. The fourth-order valence-corrected chi connectivity index (χ4v) is 3.81. The minimum absolute atomic E-state index is 0.0497. The Balaban J connectivity index is 1.43. The topological polar surface area (TPSA) is 68.4 Å². The molecular formula is C17H19NO5. The zero-order valence-corrected chi connectivity index (χ0v) is 12.9. The van der Waals surface area contributed by atoms with Crippen molar-refractivity contribution >= 4 is 12.1 Å². The first-order valence-corrected chi connectivity index (χ1v) is 8.05. The minimum Gasteiger partial charge on any atom is -0.459 e. The fourth-order valence-electron chi connectivity index (χ4n) is 3.81. The average Bonchev–Trinajstić information content (AvgIpc) is 3.32. The molecule has 3 saturated heterocycles. The highest BCUT2D eigenvalue weighted by atomic mass is 16.6. The van der Waals surface area contributed by atoms with Crippen molar-refractivity contribution in [3.05, 3.63) is 35.9 Å². The second-order valence-corrected chi connectivity index (χ2v) is 6.17. The number of piperidine rings is 1. The monoisotopic (exact) mass is 317 g/mol. The maximum Gasteiger partial charge on any atom is 0.410 e. The zero-order valence-electron chi connectivity index (χ0n) is 12.9. The SMILES string of the molecule is CCOC(=O)N1C2CC(OC(=O)c3ccccc3)CC1[C@H]1OC21. The lowest BCUT2D eigenvalue weighted by atomic mass is 9.99. The van der Waals surface area contributed by atoms with Crippen LogP contribution in [0.2, 0.25) is 0 Å². The van der Waals surface area contributed by atoms with Crippen molar-refractivity contribution in [3.8, 4) is 0 Å². The van der Waals surface area contributed by atoms with Crippen LogP contribution < -0.4 is 0 Å². The summed E-state index contributed by atoms with van der Waals surface area (Å²) < 4.78 is 16.4. The Morgan fingerprint density at radius 1 is 1.17 bits per heavy atom. The molecule has 1 amide bonds. The van der Waals surface area contributed by atoms with Crippen LogP contribution in [0.15, 0.2) is 30.3 Å². The normalized spacial score (nSPS) is 33.8. The summed E-state index contributed by atoms with van der Waals surface area (Å²) in [6.07, 6.45) is 0.894. The molecule has 3 fully saturated rings. The smallest absolute Gasteiger partial charge is 0.410 e. The number of hydrogen-bond donors (Lipinski definition) is 0. The van der Waals surface area contributed by atoms with Gasteiger partial charge in [0, 0.05) is 12.8 Å². The molecule has 4 unspecified atom stereocenters. The molecule has 5 atom stereocenters. The first kappa shape index (κ1) is 14.5. The van der Waals surface area contributed by atoms with Crippen molar-refractivity contribution in [2.75, 3.05) is 6.61 Å². The summed E-state index contributed by atoms with van der Waals surface area (Å²) >= 11 is 0. The molecule has 0 radical (unpaired) electrons. The Morgan fingerprint density at radius 3 is 2.43 bits per heavy atom. The van der Waals surface area contributed by atoms with E-state index in [0.717, 1.165) is 0 Å². The number of morpholine rings is 1. The Kier molecular flexibility index (Phi) is 3.49. The summed E-state index contributed by atoms with van der Waals surface area (Å²) in [5, 5.41) is 0. The Hall–Kier alpha value is -2.08. The second-order valence-electron chi connectivity index (χ2n) is 6.17. The minimum atomic E-state index is -0.311. The highest BCUT2D eigenvalue weighted by Crippen LogP contribution is 2.49. The molecule has 0 N–H and O–H groups in total. The number of nitrogens with zero attached hydrogens (tertiary/aromatic N) is 1. The van der Waals surface area contributed by atoms with Crippen molar-refractivity contribution in [2.24, 2.45) is 0 Å². The standard InChI is InChI=1S/C17H19NO5/c1-2-21-17(20)18-12-8-11(9-13(18)15-14(12)23-15)22-16(19)10-6-4-3-5-7-10/h3-7,11-15H,2,8-9H2,1H3/t11?,12?,13?,14-,15?/m1/s1. The molecule has 2 bridgehead atoms. The third-order valence-corrected chi connectivity index (χ3v) is 4.81. The van der Waals surface area contributed by atoms with E-state index in [1.165, 1.54) is 0 Å². The lowest BCUT2D eigenvalue weighted by molar-refractivity contribution is -0.0294. The van der Waals surface area contributed by atoms with Gasteiger partial charge in [0.2, 0.25) is 0 Å². The molecule has 3 aliphatic heterocycles. The predicted octanol–water partition coefficient (Wildman–Crippen LogP) is 1.98. The third kappa shape index (κ3) is 2.47. The van der Waals surface area contributed by atoms with Crippen molar-refractivity contribution in [1.29, 1.82) is 0 Å². The van der Waals surface area contributed by atoms with Crippen LogP contribution in [-0.2, 0) is 14.2 Å². The molecule has 1 aromatic rings. The van der Waals surface area contributed by atoms with Gasteiger partial charge in [0.1, 0.15) is 18.3 Å². The van der Waals surface area contributed by atoms with Crippen molar-refractivity contribution < 1.29 is 23.8 Å². The van der Waals surface area contributed by atoms with E-state index in [0.29, 0.717) is 25.0 Å². The number of hydrogen-bond acceptors (Lipinski definition) is 5. The number of ether oxygens (including phenoxy) is 3. The Morgan fingerprint density at radius 2 is 1.83 bits per heavy atom. The van der Waals surface area contributed by atoms with Crippen molar-refractivity contribution in [1.82, 2.24) is 4.90 Å². The van der Waals surface area contributed by atoms with Gasteiger partial charge in [0.15, 0.2) is 0 Å². The van der Waals surface area contributed by atoms with Gasteiger partial charge in [-0.2, -0.15) is 0 Å². The number of epoxide rings is 1. The molecule has 0 spiro atoms. The highest BCUT2D eigenvalue weighted by Gasteiger charge is 2.65. The molecule has 3 aliphatic rings. The van der Waals surface area contributed by atoms with Crippen molar-refractivity contribution in [2.45, 2.75) is 50.2 Å². The first-order chi connectivity index (χ1) is 11.2. The van der Waals surface area contributed by atoms with Gasteiger partial charge in [0.05, 0.1) is 24.3 Å². The van der Waals surface area contributed by atoms with E-state index in [1.54, 1.807) is 24.0 Å². The van der Waals surface area contributed by atoms with Gasteiger partial charge in [-0.3, -0.25) is 4.90 Å². The van der Waals surface area contributed by atoms with Crippen LogP contribution in [-0.4, -0.2) is 54.0 Å². The molecule has 0 aliphatic carbocycles. The van der Waals surface area contributed by atoms with Crippen LogP contribution in [0.1, 0.15) is 30.1 Å². The summed E-state index contributed by atoms with van der Waals surface area (Å²) in [6.45, 7) is 2.16.